The van der Waals surface area contributed by atoms with Crippen molar-refractivity contribution in [3.8, 4) is 0 Å². The Labute approximate surface area is 103 Å². The Morgan fingerprint density at radius 1 is 1.60 bits per heavy atom. The molecule has 0 unspecified atom stereocenters. The molecule has 2 aromatic heterocycles. The molecule has 0 fully saturated rings. The number of rotatable bonds is 2. The van der Waals surface area contributed by atoms with E-state index in [1.807, 2.05) is 0 Å². The van der Waals surface area contributed by atoms with Gasteiger partial charge in [0.1, 0.15) is 11.4 Å². The minimum atomic E-state index is -0.235. The van der Waals surface area contributed by atoms with E-state index < -0.39 is 0 Å². The molecule has 0 atom stereocenters. The summed E-state index contributed by atoms with van der Waals surface area (Å²) in [6.07, 6.45) is 3.18. The molecule has 78 valence electrons. The van der Waals surface area contributed by atoms with Crippen LogP contribution in [0.25, 0.3) is 0 Å². The SMILES string of the molecule is Cn1c(Sc2ncncc2I)n[nH]c1=O. The van der Waals surface area contributed by atoms with E-state index in [0.717, 1.165) is 8.60 Å². The summed E-state index contributed by atoms with van der Waals surface area (Å²) in [6.45, 7) is 0. The lowest BCUT2D eigenvalue weighted by Gasteiger charge is -2.00. The highest BCUT2D eigenvalue weighted by Gasteiger charge is 2.09. The monoisotopic (exact) mass is 335 g/mol. The smallest absolute Gasteiger partial charge is 0.273 e. The van der Waals surface area contributed by atoms with Crippen LogP contribution in [0.2, 0.25) is 0 Å². The Bertz CT molecular complexity index is 536. The van der Waals surface area contributed by atoms with Gasteiger partial charge in [-0.2, -0.15) is 0 Å². The summed E-state index contributed by atoms with van der Waals surface area (Å²) in [5, 5.41) is 7.61. The largest absolute Gasteiger partial charge is 0.343 e. The van der Waals surface area contributed by atoms with Gasteiger partial charge in [-0.05, 0) is 34.4 Å². The summed E-state index contributed by atoms with van der Waals surface area (Å²) in [7, 11) is 1.65. The molecule has 0 bridgehead atoms. The number of aromatic nitrogens is 5. The molecule has 0 spiro atoms. The van der Waals surface area contributed by atoms with E-state index in [0.29, 0.717) is 5.16 Å². The van der Waals surface area contributed by atoms with Crippen molar-refractivity contribution in [1.29, 1.82) is 0 Å². The van der Waals surface area contributed by atoms with Gasteiger partial charge >= 0.3 is 5.69 Å². The third-order valence-corrected chi connectivity index (χ3v) is 3.88. The lowest BCUT2D eigenvalue weighted by Crippen LogP contribution is -2.12. The number of nitrogens with zero attached hydrogens (tertiary/aromatic N) is 4. The lowest BCUT2D eigenvalue weighted by molar-refractivity contribution is 0.764. The van der Waals surface area contributed by atoms with Crippen molar-refractivity contribution in [1.82, 2.24) is 24.7 Å². The van der Waals surface area contributed by atoms with Crippen LogP contribution in [-0.2, 0) is 7.05 Å². The van der Waals surface area contributed by atoms with Crippen LogP contribution in [0, 0.1) is 3.57 Å². The number of hydrogen-bond donors (Lipinski definition) is 1. The van der Waals surface area contributed by atoms with Crippen LogP contribution < -0.4 is 5.69 Å². The molecule has 0 radical (unpaired) electrons. The molecule has 0 saturated heterocycles. The summed E-state index contributed by atoms with van der Waals surface area (Å²) >= 11 is 3.46. The van der Waals surface area contributed by atoms with Crippen molar-refractivity contribution >= 4 is 34.4 Å². The number of hydrogen-bond acceptors (Lipinski definition) is 5. The van der Waals surface area contributed by atoms with Gasteiger partial charge in [-0.3, -0.25) is 4.57 Å². The predicted molar refractivity (Wildman–Crippen MR) is 62.7 cm³/mol. The number of H-pyrrole nitrogens is 1. The van der Waals surface area contributed by atoms with E-state index in [1.165, 1.54) is 22.7 Å². The van der Waals surface area contributed by atoms with Crippen LogP contribution in [0.1, 0.15) is 0 Å². The molecule has 0 aliphatic rings. The molecule has 0 saturated carbocycles. The maximum Gasteiger partial charge on any atom is 0.343 e. The zero-order valence-electron chi connectivity index (χ0n) is 7.64. The van der Waals surface area contributed by atoms with Crippen molar-refractivity contribution in [3.63, 3.8) is 0 Å². The third-order valence-electron chi connectivity index (χ3n) is 1.66. The fourth-order valence-electron chi connectivity index (χ4n) is 0.887. The molecule has 2 aromatic rings. The van der Waals surface area contributed by atoms with E-state index >= 15 is 0 Å². The quantitative estimate of drug-likeness (QED) is 0.644. The van der Waals surface area contributed by atoms with E-state index in [1.54, 1.807) is 13.2 Å². The van der Waals surface area contributed by atoms with Gasteiger partial charge < -0.3 is 0 Å². The van der Waals surface area contributed by atoms with Gasteiger partial charge in [0.2, 0.25) is 0 Å². The summed E-state index contributed by atoms with van der Waals surface area (Å²) in [5.74, 6) is 0. The first-order valence-corrected chi connectivity index (χ1v) is 5.83. The molecule has 15 heavy (non-hydrogen) atoms. The van der Waals surface area contributed by atoms with Crippen LogP contribution in [-0.4, -0.2) is 24.7 Å². The van der Waals surface area contributed by atoms with Crippen LogP contribution in [0.5, 0.6) is 0 Å². The molecular formula is C7H6IN5OS. The van der Waals surface area contributed by atoms with Crippen LogP contribution >= 0.6 is 34.4 Å². The topological polar surface area (TPSA) is 76.5 Å². The molecule has 0 aromatic carbocycles. The van der Waals surface area contributed by atoms with Gasteiger partial charge in [0.25, 0.3) is 0 Å². The van der Waals surface area contributed by atoms with Crippen LogP contribution in [0.3, 0.4) is 0 Å². The van der Waals surface area contributed by atoms with Gasteiger partial charge in [-0.1, -0.05) is 0 Å². The molecule has 0 amide bonds. The van der Waals surface area contributed by atoms with E-state index in [9.17, 15) is 4.79 Å². The van der Waals surface area contributed by atoms with E-state index in [2.05, 4.69) is 42.8 Å². The van der Waals surface area contributed by atoms with Gasteiger partial charge in [-0.25, -0.2) is 19.9 Å². The van der Waals surface area contributed by atoms with Crippen molar-refractivity contribution in [3.05, 3.63) is 26.6 Å². The highest BCUT2D eigenvalue weighted by atomic mass is 127. The third kappa shape index (κ3) is 2.20. The predicted octanol–water partition coefficient (Wildman–Crippen LogP) is 0.654. The number of nitrogens with one attached hydrogen (secondary N) is 1. The minimum absolute atomic E-state index is 0.235. The standard InChI is InChI=1S/C7H6IN5OS/c1-13-6(14)11-12-7(13)15-5-4(8)2-9-3-10-5/h2-3H,1H3,(H,11,14). The molecule has 8 heteroatoms. The number of aromatic amines is 1. The van der Waals surface area contributed by atoms with Crippen molar-refractivity contribution in [2.24, 2.45) is 7.05 Å². The Balaban J connectivity index is 2.34. The van der Waals surface area contributed by atoms with Crippen LogP contribution in [0.15, 0.2) is 27.5 Å². The van der Waals surface area contributed by atoms with Gasteiger partial charge in [0.15, 0.2) is 5.16 Å². The normalized spacial score (nSPS) is 10.5. The summed E-state index contributed by atoms with van der Waals surface area (Å²) < 4.78 is 2.36. The molecule has 0 aliphatic carbocycles. The van der Waals surface area contributed by atoms with Crippen molar-refractivity contribution < 1.29 is 0 Å². The Hall–Kier alpha value is -0.900. The van der Waals surface area contributed by atoms with Gasteiger partial charge in [0.05, 0.1) is 3.57 Å². The van der Waals surface area contributed by atoms with Crippen molar-refractivity contribution in [2.75, 3.05) is 0 Å². The second-order valence-corrected chi connectivity index (χ2v) is 4.77. The Morgan fingerprint density at radius 3 is 3.00 bits per heavy atom. The first-order chi connectivity index (χ1) is 7.18. The van der Waals surface area contributed by atoms with Gasteiger partial charge in [-0.15, -0.1) is 5.10 Å². The average molecular weight is 335 g/mol. The molecular weight excluding hydrogens is 329 g/mol. The molecule has 6 nitrogen and oxygen atoms in total. The first-order valence-electron chi connectivity index (χ1n) is 3.93. The molecule has 0 aliphatic heterocycles. The highest BCUT2D eigenvalue weighted by Crippen LogP contribution is 2.25. The zero-order valence-corrected chi connectivity index (χ0v) is 10.6. The minimum Gasteiger partial charge on any atom is -0.273 e. The van der Waals surface area contributed by atoms with E-state index in [4.69, 9.17) is 0 Å². The maximum atomic E-state index is 11.1. The molecule has 2 heterocycles. The fraction of sp³-hybridized carbons (Fsp3) is 0.143. The molecule has 1 N–H and O–H groups in total. The van der Waals surface area contributed by atoms with Gasteiger partial charge in [0, 0.05) is 13.2 Å². The van der Waals surface area contributed by atoms with Crippen LogP contribution in [0.4, 0.5) is 0 Å². The fourth-order valence-corrected chi connectivity index (χ4v) is 2.25. The number of halogens is 1. The van der Waals surface area contributed by atoms with E-state index in [-0.39, 0.29) is 5.69 Å². The maximum absolute atomic E-state index is 11.1. The molecule has 2 rings (SSSR count). The second kappa shape index (κ2) is 4.31. The lowest BCUT2D eigenvalue weighted by atomic mass is 10.7. The summed E-state index contributed by atoms with van der Waals surface area (Å²) in [5.41, 5.74) is -0.235. The Kier molecular flexibility index (Phi) is 3.05. The second-order valence-electron chi connectivity index (χ2n) is 2.65. The zero-order chi connectivity index (χ0) is 10.8. The average Bonchev–Trinajstić information content (AvgIpc) is 2.53. The summed E-state index contributed by atoms with van der Waals surface area (Å²) in [4.78, 5) is 19.1. The van der Waals surface area contributed by atoms with Crippen molar-refractivity contribution in [2.45, 2.75) is 10.2 Å². The Morgan fingerprint density at radius 2 is 2.40 bits per heavy atom. The summed E-state index contributed by atoms with van der Waals surface area (Å²) in [6, 6.07) is 0. The first kappa shape index (κ1) is 10.6. The highest BCUT2D eigenvalue weighted by molar-refractivity contribution is 14.1.